The molecule has 1 heterocycles. The lowest BCUT2D eigenvalue weighted by Gasteiger charge is -2.41. The van der Waals surface area contributed by atoms with Crippen molar-refractivity contribution in [3.05, 3.63) is 0 Å². The van der Waals surface area contributed by atoms with Crippen molar-refractivity contribution in [1.29, 1.82) is 0 Å². The second-order valence-electron chi connectivity index (χ2n) is 4.42. The van der Waals surface area contributed by atoms with Crippen molar-refractivity contribution in [1.82, 2.24) is 0 Å². The molecule has 13 heavy (non-hydrogen) atoms. The summed E-state index contributed by atoms with van der Waals surface area (Å²) in [5.74, 6) is 0. The Morgan fingerprint density at radius 3 is 2.08 bits per heavy atom. The monoisotopic (exact) mass is 204 g/mol. The summed E-state index contributed by atoms with van der Waals surface area (Å²) in [5.41, 5.74) is 1.17. The second-order valence-corrected chi connectivity index (χ2v) is 9.88. The van der Waals surface area contributed by atoms with Crippen LogP contribution in [-0.4, -0.2) is 8.07 Å². The minimum absolute atomic E-state index is 0. The molecule has 1 atom stereocenters. The number of halogens is 1. The Morgan fingerprint density at radius 1 is 1.08 bits per heavy atom. The third kappa shape index (κ3) is 2.55. The van der Waals surface area contributed by atoms with E-state index in [2.05, 4.69) is 20.8 Å². The molecule has 0 spiro atoms. The van der Waals surface area contributed by atoms with Gasteiger partial charge in [-0.25, -0.2) is 0 Å². The van der Waals surface area contributed by atoms with Gasteiger partial charge in [0.2, 0.25) is 0 Å². The number of hydrogen-bond acceptors (Lipinski definition) is 0. The fourth-order valence-electron chi connectivity index (χ4n) is 3.20. The van der Waals surface area contributed by atoms with E-state index in [1.165, 1.54) is 18.4 Å². The van der Waals surface area contributed by atoms with Crippen LogP contribution in [0.5, 0.6) is 0 Å². The molecule has 1 unspecified atom stereocenters. The molecule has 0 aromatic heterocycles. The van der Waals surface area contributed by atoms with E-state index in [0.717, 1.165) is 0 Å². The van der Waals surface area contributed by atoms with Crippen LogP contribution >= 0.6 is 0 Å². The summed E-state index contributed by atoms with van der Waals surface area (Å²) in [7, 11) is -0.760. The van der Waals surface area contributed by atoms with Gasteiger partial charge in [0.15, 0.2) is 0 Å². The molecule has 0 saturated carbocycles. The summed E-state index contributed by atoms with van der Waals surface area (Å²) < 4.78 is 0. The van der Waals surface area contributed by atoms with Crippen molar-refractivity contribution in [2.24, 2.45) is 0 Å². The maximum absolute atomic E-state index is 2.45. The van der Waals surface area contributed by atoms with Crippen LogP contribution in [0.4, 0.5) is 4.70 Å². The number of hydrogen-bond donors (Lipinski definition) is 0. The lowest BCUT2D eigenvalue weighted by atomic mass is 10.1. The average molecular weight is 204 g/mol. The maximum Gasteiger partial charge on any atom is 0.0561 e. The quantitative estimate of drug-likeness (QED) is 0.590. The predicted molar refractivity (Wildman–Crippen MR) is 61.9 cm³/mol. The fraction of sp³-hybridized carbons (Fsp3) is 1.00. The van der Waals surface area contributed by atoms with E-state index < -0.39 is 8.07 Å². The molecule has 1 rings (SSSR count). The Bertz CT molecular complexity index is 132. The summed E-state index contributed by atoms with van der Waals surface area (Å²) in [4.78, 5) is 0. The molecule has 0 aromatic carbocycles. The van der Waals surface area contributed by atoms with E-state index in [1.807, 2.05) is 0 Å². The van der Waals surface area contributed by atoms with Crippen LogP contribution in [0.3, 0.4) is 0 Å². The Hall–Kier alpha value is 0.147. The van der Waals surface area contributed by atoms with Gasteiger partial charge in [0.05, 0.1) is 8.07 Å². The first-order chi connectivity index (χ1) is 5.79. The van der Waals surface area contributed by atoms with Crippen molar-refractivity contribution in [3.63, 3.8) is 0 Å². The Kier molecular flexibility index (Phi) is 5.85. The molecule has 0 aliphatic carbocycles. The Labute approximate surface area is 83.5 Å². The average Bonchev–Trinajstić information content (AvgIpc) is 2.17. The summed E-state index contributed by atoms with van der Waals surface area (Å²) in [6.07, 6.45) is 6.09. The maximum atomic E-state index is 2.45. The van der Waals surface area contributed by atoms with E-state index >= 15 is 0 Å². The van der Waals surface area contributed by atoms with Gasteiger partial charge in [-0.05, 0) is 5.54 Å². The molecule has 0 bridgehead atoms. The van der Waals surface area contributed by atoms with Gasteiger partial charge in [0.25, 0.3) is 0 Å². The molecule has 1 aliphatic heterocycles. The molecule has 0 N–H and O–H groups in total. The zero-order valence-electron chi connectivity index (χ0n) is 9.44. The third-order valence-electron chi connectivity index (χ3n) is 4.24. The predicted octanol–water partition coefficient (Wildman–Crippen LogP) is 4.59. The van der Waals surface area contributed by atoms with Crippen LogP contribution in [0.15, 0.2) is 0 Å². The molecule has 0 amide bonds. The SMILES string of the molecule is CCC1CCCC[Si]1(CC)CC.F. The van der Waals surface area contributed by atoms with Crippen molar-refractivity contribution in [2.45, 2.75) is 70.1 Å². The minimum Gasteiger partial charge on any atom is -0.269 e. The molecule has 1 saturated heterocycles. The van der Waals surface area contributed by atoms with E-state index in [4.69, 9.17) is 0 Å². The van der Waals surface area contributed by atoms with Crippen LogP contribution in [-0.2, 0) is 0 Å². The molecule has 0 aromatic rings. The van der Waals surface area contributed by atoms with Crippen molar-refractivity contribution < 1.29 is 4.70 Å². The van der Waals surface area contributed by atoms with Crippen LogP contribution in [0.2, 0.25) is 23.7 Å². The smallest absolute Gasteiger partial charge is 0.0561 e. The van der Waals surface area contributed by atoms with Crippen LogP contribution in [0, 0.1) is 0 Å². The van der Waals surface area contributed by atoms with Gasteiger partial charge in [-0.15, -0.1) is 0 Å². The van der Waals surface area contributed by atoms with Gasteiger partial charge in [0.1, 0.15) is 0 Å². The van der Waals surface area contributed by atoms with Gasteiger partial charge in [-0.3, -0.25) is 4.70 Å². The lowest BCUT2D eigenvalue weighted by molar-refractivity contribution is 0.584. The minimum atomic E-state index is -0.760. The normalized spacial score (nSPS) is 26.5. The summed E-state index contributed by atoms with van der Waals surface area (Å²) in [5, 5.41) is 0. The molecule has 80 valence electrons. The van der Waals surface area contributed by atoms with E-state index in [0.29, 0.717) is 0 Å². The lowest BCUT2D eigenvalue weighted by Crippen LogP contribution is -2.40. The van der Waals surface area contributed by atoms with Crippen LogP contribution in [0.25, 0.3) is 0 Å². The molecule has 1 fully saturated rings. The Balaban J connectivity index is 0.00000144. The van der Waals surface area contributed by atoms with Gasteiger partial charge >= 0.3 is 0 Å². The van der Waals surface area contributed by atoms with Gasteiger partial charge in [0, 0.05) is 0 Å². The Morgan fingerprint density at radius 2 is 1.69 bits per heavy atom. The van der Waals surface area contributed by atoms with E-state index in [9.17, 15) is 0 Å². The highest BCUT2D eigenvalue weighted by Crippen LogP contribution is 2.44. The molecule has 2 heteroatoms. The first-order valence-corrected chi connectivity index (χ1v) is 8.49. The molecule has 0 nitrogen and oxygen atoms in total. The molecular weight excluding hydrogens is 179 g/mol. The van der Waals surface area contributed by atoms with Gasteiger partial charge < -0.3 is 0 Å². The van der Waals surface area contributed by atoms with E-state index in [-0.39, 0.29) is 4.70 Å². The largest absolute Gasteiger partial charge is 0.269 e. The van der Waals surface area contributed by atoms with Crippen LogP contribution < -0.4 is 0 Å². The zero-order chi connectivity index (χ0) is 9.03. The van der Waals surface area contributed by atoms with E-state index in [1.54, 1.807) is 31.0 Å². The second kappa shape index (κ2) is 5.79. The number of rotatable bonds is 3. The first-order valence-electron chi connectivity index (χ1n) is 5.79. The van der Waals surface area contributed by atoms with Crippen molar-refractivity contribution in [2.75, 3.05) is 0 Å². The van der Waals surface area contributed by atoms with Crippen molar-refractivity contribution in [3.8, 4) is 0 Å². The van der Waals surface area contributed by atoms with Gasteiger partial charge in [-0.1, -0.05) is 64.6 Å². The topological polar surface area (TPSA) is 0 Å². The van der Waals surface area contributed by atoms with Gasteiger partial charge in [-0.2, -0.15) is 0 Å². The summed E-state index contributed by atoms with van der Waals surface area (Å²) in [6, 6.07) is 4.72. The molecule has 1 aliphatic rings. The standard InChI is InChI=1S/C11H24Si.FH/c1-4-11-9-7-8-10-12(11,5-2)6-3;/h11H,4-10H2,1-3H3;1H. The highest BCUT2D eigenvalue weighted by atomic mass is 28.3. The zero-order valence-corrected chi connectivity index (χ0v) is 10.4. The molecule has 0 radical (unpaired) electrons. The highest BCUT2D eigenvalue weighted by Gasteiger charge is 2.38. The third-order valence-corrected chi connectivity index (χ3v) is 10.8. The first kappa shape index (κ1) is 13.1. The van der Waals surface area contributed by atoms with Crippen LogP contribution in [0.1, 0.15) is 46.5 Å². The molecular formula is C11H25FSi. The highest BCUT2D eigenvalue weighted by molar-refractivity contribution is 6.81. The summed E-state index contributed by atoms with van der Waals surface area (Å²) >= 11 is 0. The van der Waals surface area contributed by atoms with Crippen molar-refractivity contribution >= 4 is 8.07 Å². The summed E-state index contributed by atoms with van der Waals surface area (Å²) in [6.45, 7) is 7.30. The fourth-order valence-corrected chi connectivity index (χ4v) is 8.60.